The number of oxime groups is 1. The summed E-state index contributed by atoms with van der Waals surface area (Å²) >= 11 is 3.66. The van der Waals surface area contributed by atoms with E-state index in [4.69, 9.17) is 10.9 Å². The number of nitrogens with one attached hydrogen (secondary N) is 1. The van der Waals surface area contributed by atoms with E-state index in [0.29, 0.717) is 16.8 Å². The molecule has 5 nitrogen and oxygen atoms in total. The number of amides is 1. The molecular formula is C13H12IN3O2S. The number of aryl methyl sites for hydroxylation is 1. The third kappa shape index (κ3) is 3.10. The molecule has 1 aromatic carbocycles. The van der Waals surface area contributed by atoms with E-state index in [9.17, 15) is 4.79 Å². The van der Waals surface area contributed by atoms with Crippen molar-refractivity contribution >= 4 is 51.4 Å². The zero-order valence-electron chi connectivity index (χ0n) is 10.6. The van der Waals surface area contributed by atoms with Crippen LogP contribution >= 0.6 is 33.9 Å². The van der Waals surface area contributed by atoms with E-state index in [1.165, 1.54) is 11.3 Å². The molecule has 2 rings (SSSR count). The maximum Gasteiger partial charge on any atom is 0.256 e. The van der Waals surface area contributed by atoms with Crippen LogP contribution in [0, 0.1) is 9.81 Å². The maximum atomic E-state index is 12.2. The van der Waals surface area contributed by atoms with Crippen LogP contribution in [0.2, 0.25) is 0 Å². The summed E-state index contributed by atoms with van der Waals surface area (Å²) in [5.41, 5.74) is 8.11. The minimum atomic E-state index is -0.221. The van der Waals surface area contributed by atoms with E-state index in [2.05, 4.69) is 33.1 Å². The lowest BCUT2D eigenvalue weighted by Crippen LogP contribution is -2.20. The average molecular weight is 401 g/mol. The van der Waals surface area contributed by atoms with Crippen molar-refractivity contribution in [3.63, 3.8) is 0 Å². The van der Waals surface area contributed by atoms with Crippen LogP contribution in [0.25, 0.3) is 0 Å². The Bertz CT molecular complexity index is 682. The number of carbonyl (C=O) groups excluding carboxylic acids is 1. The van der Waals surface area contributed by atoms with Crippen LogP contribution in [0.4, 0.5) is 5.69 Å². The Kier molecular flexibility index (Phi) is 4.61. The van der Waals surface area contributed by atoms with Crippen molar-refractivity contribution in [1.82, 2.24) is 0 Å². The Morgan fingerprint density at radius 3 is 2.85 bits per heavy atom. The SMILES string of the molecule is Cc1cccc(NC(=O)c2csc(I)c2)c1/C(N)=N/O. The fraction of sp³-hybridized carbons (Fsp3) is 0.0769. The average Bonchev–Trinajstić information content (AvgIpc) is 2.85. The van der Waals surface area contributed by atoms with Crippen molar-refractivity contribution in [1.29, 1.82) is 0 Å². The largest absolute Gasteiger partial charge is 0.409 e. The van der Waals surface area contributed by atoms with Gasteiger partial charge in [0.25, 0.3) is 5.91 Å². The van der Waals surface area contributed by atoms with Crippen LogP contribution < -0.4 is 11.1 Å². The van der Waals surface area contributed by atoms with Gasteiger partial charge in [-0.15, -0.1) is 11.3 Å². The molecule has 0 aliphatic carbocycles. The third-order valence-corrected chi connectivity index (χ3v) is 4.50. The van der Waals surface area contributed by atoms with E-state index in [0.717, 1.165) is 8.45 Å². The molecule has 0 spiro atoms. The maximum absolute atomic E-state index is 12.2. The van der Waals surface area contributed by atoms with Crippen molar-refractivity contribution in [2.75, 3.05) is 5.32 Å². The third-order valence-electron chi connectivity index (χ3n) is 2.71. The van der Waals surface area contributed by atoms with Gasteiger partial charge in [-0.3, -0.25) is 4.79 Å². The zero-order valence-corrected chi connectivity index (χ0v) is 13.5. The van der Waals surface area contributed by atoms with Gasteiger partial charge in [-0.1, -0.05) is 17.3 Å². The van der Waals surface area contributed by atoms with Gasteiger partial charge in [0.15, 0.2) is 5.84 Å². The molecule has 0 aliphatic rings. The van der Waals surface area contributed by atoms with E-state index >= 15 is 0 Å². The highest BCUT2D eigenvalue weighted by Crippen LogP contribution is 2.22. The number of nitrogens with zero attached hydrogens (tertiary/aromatic N) is 1. The smallest absolute Gasteiger partial charge is 0.256 e. The van der Waals surface area contributed by atoms with Crippen molar-refractivity contribution in [3.05, 3.63) is 49.2 Å². The monoisotopic (exact) mass is 401 g/mol. The summed E-state index contributed by atoms with van der Waals surface area (Å²) in [7, 11) is 0. The first-order chi connectivity index (χ1) is 9.52. The summed E-state index contributed by atoms with van der Waals surface area (Å²) in [5.74, 6) is -0.250. The molecule has 0 unspecified atom stereocenters. The summed E-state index contributed by atoms with van der Waals surface area (Å²) in [6.07, 6.45) is 0. The van der Waals surface area contributed by atoms with Crippen LogP contribution in [-0.4, -0.2) is 17.0 Å². The predicted octanol–water partition coefficient (Wildman–Crippen LogP) is 3.01. The molecule has 0 saturated heterocycles. The standard InChI is InChI=1S/C13H12IN3O2S/c1-7-3-2-4-9(11(7)12(15)17-19)16-13(18)8-5-10(14)20-6-8/h2-6,19H,1H3,(H2,15,17)(H,16,18). The van der Waals surface area contributed by atoms with Crippen LogP contribution in [0.15, 0.2) is 34.8 Å². The Labute approximate surface area is 133 Å². The van der Waals surface area contributed by atoms with Gasteiger partial charge in [-0.2, -0.15) is 0 Å². The van der Waals surface area contributed by atoms with Gasteiger partial charge in [-0.05, 0) is 47.2 Å². The summed E-state index contributed by atoms with van der Waals surface area (Å²) in [4.78, 5) is 12.2. The van der Waals surface area contributed by atoms with Gasteiger partial charge in [0.2, 0.25) is 0 Å². The second-order valence-electron chi connectivity index (χ2n) is 4.08. The van der Waals surface area contributed by atoms with Crippen LogP contribution in [0.3, 0.4) is 0 Å². The molecule has 0 fully saturated rings. The highest BCUT2D eigenvalue weighted by Gasteiger charge is 2.14. The number of benzene rings is 1. The second kappa shape index (κ2) is 6.23. The molecular weight excluding hydrogens is 389 g/mol. The summed E-state index contributed by atoms with van der Waals surface area (Å²) in [6, 6.07) is 7.15. The highest BCUT2D eigenvalue weighted by molar-refractivity contribution is 14.1. The lowest BCUT2D eigenvalue weighted by Gasteiger charge is -2.12. The quantitative estimate of drug-likeness (QED) is 0.243. The molecule has 104 valence electrons. The molecule has 0 radical (unpaired) electrons. The van der Waals surface area contributed by atoms with Gasteiger partial charge in [0.05, 0.1) is 14.1 Å². The molecule has 0 bridgehead atoms. The number of hydrogen-bond acceptors (Lipinski definition) is 4. The predicted molar refractivity (Wildman–Crippen MR) is 88.7 cm³/mol. The fourth-order valence-electron chi connectivity index (χ4n) is 1.79. The number of halogens is 1. The molecule has 7 heteroatoms. The van der Waals surface area contributed by atoms with Crippen molar-refractivity contribution in [3.8, 4) is 0 Å². The summed E-state index contributed by atoms with van der Waals surface area (Å²) in [6.45, 7) is 1.83. The van der Waals surface area contributed by atoms with Gasteiger partial charge in [0.1, 0.15) is 0 Å². The molecule has 4 N–H and O–H groups in total. The zero-order chi connectivity index (χ0) is 14.7. The molecule has 2 aromatic rings. The molecule has 0 atom stereocenters. The molecule has 0 saturated carbocycles. The second-order valence-corrected chi connectivity index (χ2v) is 6.88. The van der Waals surface area contributed by atoms with Crippen molar-refractivity contribution < 1.29 is 10.0 Å². The molecule has 1 amide bonds. The molecule has 1 aromatic heterocycles. The van der Waals surface area contributed by atoms with Crippen molar-refractivity contribution in [2.45, 2.75) is 6.92 Å². The summed E-state index contributed by atoms with van der Waals surface area (Å²) < 4.78 is 1.04. The van der Waals surface area contributed by atoms with Crippen molar-refractivity contribution in [2.24, 2.45) is 10.9 Å². The van der Waals surface area contributed by atoms with E-state index < -0.39 is 0 Å². The number of anilines is 1. The Morgan fingerprint density at radius 2 is 2.25 bits per heavy atom. The molecule has 20 heavy (non-hydrogen) atoms. The van der Waals surface area contributed by atoms with Crippen LogP contribution in [-0.2, 0) is 0 Å². The van der Waals surface area contributed by atoms with Gasteiger partial charge < -0.3 is 16.3 Å². The first-order valence-electron chi connectivity index (χ1n) is 5.66. The lowest BCUT2D eigenvalue weighted by atomic mass is 10.1. The fourth-order valence-corrected chi connectivity index (χ4v) is 3.11. The number of thiophene rings is 1. The first-order valence-corrected chi connectivity index (χ1v) is 7.61. The van der Waals surface area contributed by atoms with Gasteiger partial charge >= 0.3 is 0 Å². The number of nitrogens with two attached hydrogens (primary N) is 1. The lowest BCUT2D eigenvalue weighted by molar-refractivity contribution is 0.102. The number of amidine groups is 1. The normalized spacial score (nSPS) is 11.4. The van der Waals surface area contributed by atoms with E-state index in [1.54, 1.807) is 23.6 Å². The first kappa shape index (κ1) is 14.8. The Balaban J connectivity index is 2.34. The number of carbonyl (C=O) groups is 1. The number of hydrogen-bond donors (Lipinski definition) is 3. The Morgan fingerprint density at radius 1 is 1.50 bits per heavy atom. The van der Waals surface area contributed by atoms with E-state index in [1.807, 2.05) is 13.0 Å². The van der Waals surface area contributed by atoms with Crippen LogP contribution in [0.5, 0.6) is 0 Å². The topological polar surface area (TPSA) is 87.7 Å². The highest BCUT2D eigenvalue weighted by atomic mass is 127. The minimum absolute atomic E-state index is 0.0294. The summed E-state index contributed by atoms with van der Waals surface area (Å²) in [5, 5.41) is 16.4. The van der Waals surface area contributed by atoms with E-state index in [-0.39, 0.29) is 11.7 Å². The van der Waals surface area contributed by atoms with Gasteiger partial charge in [0, 0.05) is 10.9 Å². The number of rotatable bonds is 3. The van der Waals surface area contributed by atoms with Gasteiger partial charge in [-0.25, -0.2) is 0 Å². The van der Waals surface area contributed by atoms with Crippen LogP contribution in [0.1, 0.15) is 21.5 Å². The Hall–Kier alpha value is -1.61. The minimum Gasteiger partial charge on any atom is -0.409 e. The molecule has 0 aliphatic heterocycles. The molecule has 1 heterocycles.